The van der Waals surface area contributed by atoms with Crippen LogP contribution in [0.5, 0.6) is 0 Å². The number of hydrogen-bond acceptors (Lipinski definition) is 6. The fourth-order valence-corrected chi connectivity index (χ4v) is 0.865. The van der Waals surface area contributed by atoms with E-state index in [0.717, 1.165) is 0 Å². The topological polar surface area (TPSA) is 85.5 Å². The predicted octanol–water partition coefficient (Wildman–Crippen LogP) is 0.171. The molecule has 78 valence electrons. The monoisotopic (exact) mass is 200 g/mol. The third-order valence-electron chi connectivity index (χ3n) is 1.47. The van der Waals surface area contributed by atoms with E-state index < -0.39 is 5.97 Å². The van der Waals surface area contributed by atoms with Gasteiger partial charge in [0.2, 0.25) is 5.89 Å². The van der Waals surface area contributed by atoms with Crippen molar-refractivity contribution in [2.75, 3.05) is 13.2 Å². The van der Waals surface area contributed by atoms with Gasteiger partial charge in [-0.2, -0.15) is 4.98 Å². The maximum absolute atomic E-state index is 11.1. The van der Waals surface area contributed by atoms with Gasteiger partial charge in [-0.15, -0.1) is 0 Å². The second-order valence-electron chi connectivity index (χ2n) is 2.56. The van der Waals surface area contributed by atoms with Crippen LogP contribution in [0.15, 0.2) is 4.52 Å². The number of hydrogen-bond donors (Lipinski definition) is 1. The molecule has 1 heterocycles. The number of aliphatic hydroxyl groups excluding tert-OH is 1. The first-order valence-corrected chi connectivity index (χ1v) is 4.38. The maximum atomic E-state index is 11.1. The number of aromatic nitrogens is 2. The first kappa shape index (κ1) is 10.6. The Balaban J connectivity index is 2.54. The van der Waals surface area contributed by atoms with Crippen LogP contribution in [-0.2, 0) is 11.2 Å². The molecule has 0 aromatic carbocycles. The van der Waals surface area contributed by atoms with Crippen LogP contribution in [0.1, 0.15) is 29.9 Å². The van der Waals surface area contributed by atoms with Crippen molar-refractivity contribution < 1.29 is 19.2 Å². The second-order valence-corrected chi connectivity index (χ2v) is 2.56. The zero-order valence-electron chi connectivity index (χ0n) is 7.89. The summed E-state index contributed by atoms with van der Waals surface area (Å²) < 4.78 is 9.43. The SMILES string of the molecule is CCOC(=O)c1noc(CCCO)n1. The number of ether oxygens (including phenoxy) is 1. The summed E-state index contributed by atoms with van der Waals surface area (Å²) in [6.45, 7) is 2.03. The zero-order valence-corrected chi connectivity index (χ0v) is 7.89. The summed E-state index contributed by atoms with van der Waals surface area (Å²) in [7, 11) is 0. The Morgan fingerprint density at radius 2 is 2.43 bits per heavy atom. The van der Waals surface area contributed by atoms with Crippen LogP contribution in [0.4, 0.5) is 0 Å². The Labute approximate surface area is 80.9 Å². The molecule has 0 bridgehead atoms. The summed E-state index contributed by atoms with van der Waals surface area (Å²) in [4.78, 5) is 14.9. The highest BCUT2D eigenvalue weighted by molar-refractivity contribution is 5.84. The number of esters is 1. The second kappa shape index (κ2) is 5.33. The lowest BCUT2D eigenvalue weighted by Crippen LogP contribution is -2.06. The van der Waals surface area contributed by atoms with Crippen LogP contribution in [0.25, 0.3) is 0 Å². The first-order chi connectivity index (χ1) is 6.77. The third-order valence-corrected chi connectivity index (χ3v) is 1.47. The fraction of sp³-hybridized carbons (Fsp3) is 0.625. The molecule has 1 aromatic heterocycles. The Bertz CT molecular complexity index is 297. The lowest BCUT2D eigenvalue weighted by molar-refractivity contribution is 0.0508. The van der Waals surface area contributed by atoms with Gasteiger partial charge >= 0.3 is 5.97 Å². The van der Waals surface area contributed by atoms with Crippen molar-refractivity contribution >= 4 is 5.97 Å². The van der Waals surface area contributed by atoms with Crippen molar-refractivity contribution in [1.82, 2.24) is 10.1 Å². The molecule has 0 saturated carbocycles. The molecule has 0 amide bonds. The van der Waals surface area contributed by atoms with Crippen molar-refractivity contribution in [2.45, 2.75) is 19.8 Å². The summed E-state index contributed by atoms with van der Waals surface area (Å²) >= 11 is 0. The molecule has 6 nitrogen and oxygen atoms in total. The van der Waals surface area contributed by atoms with E-state index in [-0.39, 0.29) is 19.0 Å². The van der Waals surface area contributed by atoms with Gasteiger partial charge in [-0.25, -0.2) is 4.79 Å². The summed E-state index contributed by atoms with van der Waals surface area (Å²) in [5.74, 6) is -0.326. The molecule has 0 radical (unpaired) electrons. The van der Waals surface area contributed by atoms with Crippen LogP contribution < -0.4 is 0 Å². The molecule has 0 atom stereocenters. The highest BCUT2D eigenvalue weighted by Gasteiger charge is 2.14. The Kier molecular flexibility index (Phi) is 4.06. The van der Waals surface area contributed by atoms with Gasteiger partial charge in [0, 0.05) is 13.0 Å². The molecular weight excluding hydrogens is 188 g/mol. The molecule has 0 fully saturated rings. The number of rotatable bonds is 5. The molecule has 0 aliphatic carbocycles. The zero-order chi connectivity index (χ0) is 10.4. The van der Waals surface area contributed by atoms with Crippen molar-refractivity contribution in [1.29, 1.82) is 0 Å². The van der Waals surface area contributed by atoms with Gasteiger partial charge < -0.3 is 14.4 Å². The normalized spacial score (nSPS) is 10.1. The van der Waals surface area contributed by atoms with Crippen LogP contribution >= 0.6 is 0 Å². The van der Waals surface area contributed by atoms with E-state index in [1.54, 1.807) is 6.92 Å². The standard InChI is InChI=1S/C8H12N2O4/c1-2-13-8(12)7-9-6(14-10-7)4-3-5-11/h11H,2-5H2,1H3. The molecular formula is C8H12N2O4. The predicted molar refractivity (Wildman–Crippen MR) is 45.7 cm³/mol. The van der Waals surface area contributed by atoms with Crippen molar-refractivity contribution in [3.63, 3.8) is 0 Å². The number of aryl methyl sites for hydroxylation is 1. The van der Waals surface area contributed by atoms with Crippen LogP contribution in [0.3, 0.4) is 0 Å². The average molecular weight is 200 g/mol. The lowest BCUT2D eigenvalue weighted by atomic mass is 10.3. The smallest absolute Gasteiger partial charge is 0.379 e. The van der Waals surface area contributed by atoms with E-state index in [4.69, 9.17) is 9.63 Å². The Morgan fingerprint density at radius 3 is 3.07 bits per heavy atom. The molecule has 1 rings (SSSR count). The van der Waals surface area contributed by atoms with E-state index in [9.17, 15) is 4.79 Å². The van der Waals surface area contributed by atoms with E-state index in [2.05, 4.69) is 14.9 Å². The van der Waals surface area contributed by atoms with Crippen LogP contribution in [0, 0.1) is 0 Å². The van der Waals surface area contributed by atoms with Gasteiger partial charge in [-0.05, 0) is 18.5 Å². The highest BCUT2D eigenvalue weighted by Crippen LogP contribution is 2.01. The first-order valence-electron chi connectivity index (χ1n) is 4.38. The van der Waals surface area contributed by atoms with E-state index in [1.807, 2.05) is 0 Å². The lowest BCUT2D eigenvalue weighted by Gasteiger charge is -1.93. The van der Waals surface area contributed by atoms with Gasteiger partial charge in [-0.1, -0.05) is 0 Å². The molecule has 6 heteroatoms. The molecule has 0 aliphatic heterocycles. The summed E-state index contributed by atoms with van der Waals surface area (Å²) in [6, 6.07) is 0. The minimum Gasteiger partial charge on any atom is -0.460 e. The molecule has 0 saturated heterocycles. The largest absolute Gasteiger partial charge is 0.460 e. The highest BCUT2D eigenvalue weighted by atomic mass is 16.5. The van der Waals surface area contributed by atoms with Gasteiger partial charge in [-0.3, -0.25) is 0 Å². The minimum atomic E-state index is -0.591. The minimum absolute atomic E-state index is 0.0527. The average Bonchev–Trinajstić information content (AvgIpc) is 2.63. The van der Waals surface area contributed by atoms with Crippen molar-refractivity contribution in [3.8, 4) is 0 Å². The molecule has 14 heavy (non-hydrogen) atoms. The number of aliphatic hydroxyl groups is 1. The Hall–Kier alpha value is -1.43. The number of carbonyl (C=O) groups excluding carboxylic acids is 1. The van der Waals surface area contributed by atoms with Gasteiger partial charge in [0.15, 0.2) is 0 Å². The maximum Gasteiger partial charge on any atom is 0.379 e. The van der Waals surface area contributed by atoms with Crippen molar-refractivity contribution in [2.24, 2.45) is 0 Å². The molecule has 1 N–H and O–H groups in total. The Morgan fingerprint density at radius 1 is 1.64 bits per heavy atom. The number of nitrogens with zero attached hydrogens (tertiary/aromatic N) is 2. The van der Waals surface area contributed by atoms with Crippen molar-refractivity contribution in [3.05, 3.63) is 11.7 Å². The van der Waals surface area contributed by atoms with Gasteiger partial charge in [0.05, 0.1) is 6.61 Å². The molecule has 0 unspecified atom stereocenters. The summed E-state index contributed by atoms with van der Waals surface area (Å²) in [5, 5.41) is 12.0. The van der Waals surface area contributed by atoms with E-state index >= 15 is 0 Å². The summed E-state index contributed by atoms with van der Waals surface area (Å²) in [6.07, 6.45) is 0.993. The quantitative estimate of drug-likeness (QED) is 0.682. The molecule has 0 aliphatic rings. The van der Waals surface area contributed by atoms with E-state index in [1.165, 1.54) is 0 Å². The van der Waals surface area contributed by atoms with Crippen LogP contribution in [0.2, 0.25) is 0 Å². The molecule has 0 spiro atoms. The fourth-order valence-electron chi connectivity index (χ4n) is 0.865. The third kappa shape index (κ3) is 2.81. The number of carbonyl (C=O) groups is 1. The van der Waals surface area contributed by atoms with Crippen LogP contribution in [-0.4, -0.2) is 34.4 Å². The van der Waals surface area contributed by atoms with E-state index in [0.29, 0.717) is 18.7 Å². The molecule has 1 aromatic rings. The van der Waals surface area contributed by atoms with Gasteiger partial charge in [0.1, 0.15) is 0 Å². The van der Waals surface area contributed by atoms with Gasteiger partial charge in [0.25, 0.3) is 5.82 Å². The summed E-state index contributed by atoms with van der Waals surface area (Å²) in [5.41, 5.74) is 0.